The molecular weight excluding hydrogens is 360 g/mol. The maximum atomic E-state index is 12.3. The molecule has 1 fully saturated rings. The molecule has 3 rings (SSSR count). The smallest absolute Gasteiger partial charge is 0.322 e. The van der Waals surface area contributed by atoms with E-state index >= 15 is 0 Å². The fraction of sp³-hybridized carbons (Fsp3) is 0.375. The minimum absolute atomic E-state index is 0.111. The molecule has 6 nitrogen and oxygen atoms in total. The molecule has 1 aliphatic heterocycles. The van der Waals surface area contributed by atoms with E-state index in [0.717, 1.165) is 24.0 Å². The first kappa shape index (κ1) is 15.9. The van der Waals surface area contributed by atoms with Gasteiger partial charge in [-0.25, -0.2) is 4.79 Å². The van der Waals surface area contributed by atoms with Gasteiger partial charge in [0.1, 0.15) is 5.69 Å². The summed E-state index contributed by atoms with van der Waals surface area (Å²) in [6, 6.07) is 8.10. The molecular formula is C16H19BrN4O2. The highest BCUT2D eigenvalue weighted by atomic mass is 79.9. The summed E-state index contributed by atoms with van der Waals surface area (Å²) in [5.41, 5.74) is 1.88. The Bertz CT molecular complexity index is 710. The number of nitrogens with zero attached hydrogens (tertiary/aromatic N) is 3. The average Bonchev–Trinajstić information content (AvgIpc) is 2.83. The van der Waals surface area contributed by atoms with E-state index in [2.05, 4.69) is 32.4 Å². The summed E-state index contributed by atoms with van der Waals surface area (Å²) in [5.74, 6) is 0.918. The number of anilines is 1. The summed E-state index contributed by atoms with van der Waals surface area (Å²) >= 11 is 3.57. The van der Waals surface area contributed by atoms with Gasteiger partial charge in [-0.2, -0.15) is 0 Å². The second-order valence-electron chi connectivity index (χ2n) is 5.72. The normalized spacial score (nSPS) is 14.5. The molecule has 0 bridgehead atoms. The monoisotopic (exact) mass is 378 g/mol. The molecule has 1 saturated heterocycles. The Hall–Kier alpha value is -2.02. The lowest BCUT2D eigenvalue weighted by Gasteiger charge is -2.39. The summed E-state index contributed by atoms with van der Waals surface area (Å²) < 4.78 is 7.88. The summed E-state index contributed by atoms with van der Waals surface area (Å²) in [4.78, 5) is 14.0. The van der Waals surface area contributed by atoms with Gasteiger partial charge in [0, 0.05) is 24.6 Å². The molecule has 122 valence electrons. The molecule has 0 atom stereocenters. The van der Waals surface area contributed by atoms with Crippen molar-refractivity contribution in [2.45, 2.75) is 6.42 Å². The molecule has 0 radical (unpaired) electrons. The first-order valence-electron chi connectivity index (χ1n) is 7.43. The zero-order chi connectivity index (χ0) is 16.4. The first-order valence-corrected chi connectivity index (χ1v) is 8.23. The lowest BCUT2D eigenvalue weighted by molar-refractivity contribution is 0.131. The van der Waals surface area contributed by atoms with Gasteiger partial charge < -0.3 is 15.0 Å². The lowest BCUT2D eigenvalue weighted by atomic mass is 9.92. The number of aromatic nitrogens is 2. The lowest BCUT2D eigenvalue weighted by Crippen LogP contribution is -2.52. The largest absolute Gasteiger partial charge is 0.478 e. The van der Waals surface area contributed by atoms with Crippen LogP contribution in [0.1, 0.15) is 5.56 Å². The number of rotatable bonds is 4. The van der Waals surface area contributed by atoms with Crippen molar-refractivity contribution in [1.29, 1.82) is 0 Å². The van der Waals surface area contributed by atoms with E-state index in [1.807, 2.05) is 18.2 Å². The number of methoxy groups -OCH3 is 1. The van der Waals surface area contributed by atoms with Crippen molar-refractivity contribution in [3.8, 4) is 5.88 Å². The zero-order valence-corrected chi connectivity index (χ0v) is 14.7. The fourth-order valence-electron chi connectivity index (χ4n) is 2.74. The molecule has 0 saturated carbocycles. The second-order valence-corrected chi connectivity index (χ2v) is 6.58. The van der Waals surface area contributed by atoms with E-state index in [0.29, 0.717) is 17.5 Å². The van der Waals surface area contributed by atoms with Gasteiger partial charge in [-0.05, 0) is 24.0 Å². The predicted octanol–water partition coefficient (Wildman–Crippen LogP) is 2.90. The zero-order valence-electron chi connectivity index (χ0n) is 13.1. The molecule has 2 heterocycles. The number of ether oxygens (including phenoxy) is 1. The number of halogens is 1. The van der Waals surface area contributed by atoms with Crippen LogP contribution in [0.3, 0.4) is 0 Å². The van der Waals surface area contributed by atoms with Crippen LogP contribution in [0.25, 0.3) is 0 Å². The van der Waals surface area contributed by atoms with E-state index in [1.54, 1.807) is 22.8 Å². The van der Waals surface area contributed by atoms with Gasteiger partial charge in [-0.3, -0.25) is 4.68 Å². The second kappa shape index (κ2) is 6.62. The summed E-state index contributed by atoms with van der Waals surface area (Å²) in [5, 5.41) is 6.97. The van der Waals surface area contributed by atoms with Crippen molar-refractivity contribution >= 4 is 27.6 Å². The standard InChI is InChI=1S/C16H19BrN4O2/c1-20-10-14(15(19-20)23-2)18-16(22)21-8-11(9-21)7-12-5-3-4-6-13(12)17/h3-6,10-11H,7-9H2,1-2H3,(H,18,22). The molecule has 0 unspecified atom stereocenters. The number of carbonyl (C=O) groups excluding carboxylic acids is 1. The molecule has 1 aliphatic rings. The highest BCUT2D eigenvalue weighted by molar-refractivity contribution is 9.10. The molecule has 2 amide bonds. The predicted molar refractivity (Wildman–Crippen MR) is 91.7 cm³/mol. The number of amides is 2. The van der Waals surface area contributed by atoms with Crippen molar-refractivity contribution in [3.05, 3.63) is 40.5 Å². The van der Waals surface area contributed by atoms with E-state index in [9.17, 15) is 4.79 Å². The third-order valence-electron chi connectivity index (χ3n) is 3.94. The van der Waals surface area contributed by atoms with E-state index in [-0.39, 0.29) is 6.03 Å². The van der Waals surface area contributed by atoms with Crippen molar-refractivity contribution in [3.63, 3.8) is 0 Å². The Kier molecular flexibility index (Phi) is 4.56. The number of urea groups is 1. The van der Waals surface area contributed by atoms with Crippen LogP contribution in [-0.2, 0) is 13.5 Å². The van der Waals surface area contributed by atoms with Gasteiger partial charge in [0.2, 0.25) is 0 Å². The van der Waals surface area contributed by atoms with Gasteiger partial charge in [0.25, 0.3) is 5.88 Å². The minimum atomic E-state index is -0.111. The van der Waals surface area contributed by atoms with Crippen molar-refractivity contribution < 1.29 is 9.53 Å². The summed E-state index contributed by atoms with van der Waals surface area (Å²) in [7, 11) is 3.32. The molecule has 0 aliphatic carbocycles. The van der Waals surface area contributed by atoms with Crippen molar-refractivity contribution in [2.75, 3.05) is 25.5 Å². The van der Waals surface area contributed by atoms with E-state index < -0.39 is 0 Å². The SMILES string of the molecule is COc1nn(C)cc1NC(=O)N1CC(Cc2ccccc2Br)C1. The minimum Gasteiger partial charge on any atom is -0.478 e. The Morgan fingerprint density at radius 3 is 2.87 bits per heavy atom. The van der Waals surface area contributed by atoms with Gasteiger partial charge >= 0.3 is 6.03 Å². The molecule has 23 heavy (non-hydrogen) atoms. The van der Waals surface area contributed by atoms with Crippen LogP contribution in [0, 0.1) is 5.92 Å². The Labute approximate surface area is 143 Å². The van der Waals surface area contributed by atoms with Crippen LogP contribution >= 0.6 is 15.9 Å². The van der Waals surface area contributed by atoms with E-state index in [4.69, 9.17) is 4.74 Å². The Morgan fingerprint density at radius 1 is 1.43 bits per heavy atom. The van der Waals surface area contributed by atoms with Crippen molar-refractivity contribution in [1.82, 2.24) is 14.7 Å². The third-order valence-corrected chi connectivity index (χ3v) is 4.71. The highest BCUT2D eigenvalue weighted by Crippen LogP contribution is 2.27. The molecule has 1 N–H and O–H groups in total. The van der Waals surface area contributed by atoms with Crippen molar-refractivity contribution in [2.24, 2.45) is 13.0 Å². The molecule has 1 aromatic heterocycles. The van der Waals surface area contributed by atoms with Crippen LogP contribution in [0.15, 0.2) is 34.9 Å². The van der Waals surface area contributed by atoms with Crippen LogP contribution in [0.2, 0.25) is 0 Å². The van der Waals surface area contributed by atoms with Gasteiger partial charge in [0.05, 0.1) is 13.3 Å². The number of hydrogen-bond donors (Lipinski definition) is 1. The van der Waals surface area contributed by atoms with Gasteiger partial charge in [0.15, 0.2) is 0 Å². The summed E-state index contributed by atoms with van der Waals surface area (Å²) in [6.07, 6.45) is 2.70. The molecule has 7 heteroatoms. The topological polar surface area (TPSA) is 59.4 Å². The molecule has 0 spiro atoms. The quantitative estimate of drug-likeness (QED) is 0.889. The number of aryl methyl sites for hydroxylation is 1. The van der Waals surface area contributed by atoms with Crippen LogP contribution in [0.5, 0.6) is 5.88 Å². The van der Waals surface area contributed by atoms with Gasteiger partial charge in [-0.1, -0.05) is 34.1 Å². The molecule has 2 aromatic rings. The number of benzene rings is 1. The number of nitrogens with one attached hydrogen (secondary N) is 1. The average molecular weight is 379 g/mol. The first-order chi connectivity index (χ1) is 11.1. The maximum absolute atomic E-state index is 12.3. The maximum Gasteiger partial charge on any atom is 0.322 e. The number of hydrogen-bond acceptors (Lipinski definition) is 3. The Balaban J connectivity index is 1.53. The molecule has 1 aromatic carbocycles. The third kappa shape index (κ3) is 3.50. The Morgan fingerprint density at radius 2 is 2.17 bits per heavy atom. The summed E-state index contributed by atoms with van der Waals surface area (Å²) in [6.45, 7) is 1.52. The van der Waals surface area contributed by atoms with Crippen LogP contribution in [0.4, 0.5) is 10.5 Å². The fourth-order valence-corrected chi connectivity index (χ4v) is 3.19. The van der Waals surface area contributed by atoms with Gasteiger partial charge in [-0.15, -0.1) is 5.10 Å². The number of likely N-dealkylation sites (tertiary alicyclic amines) is 1. The van der Waals surface area contributed by atoms with Crippen LogP contribution in [-0.4, -0.2) is 40.9 Å². The highest BCUT2D eigenvalue weighted by Gasteiger charge is 2.31. The van der Waals surface area contributed by atoms with Crippen LogP contribution < -0.4 is 10.1 Å². The van der Waals surface area contributed by atoms with E-state index in [1.165, 1.54) is 12.7 Å². The number of carbonyl (C=O) groups is 1.